The molecule has 0 atom stereocenters. The number of aromatic carboxylic acids is 1. The molecule has 2 aromatic carbocycles. The van der Waals surface area contributed by atoms with E-state index < -0.39 is 5.97 Å². The third-order valence-corrected chi connectivity index (χ3v) is 4.38. The summed E-state index contributed by atoms with van der Waals surface area (Å²) in [6.07, 6.45) is 0. The zero-order chi connectivity index (χ0) is 17.4. The standard InChI is InChI=1S/C17H15Cl2N3O2/c1-21(2)12-5-6-13-15(8-12)22(20-16(13)17(23)24)9-10-3-4-11(18)7-14(10)19/h3-8H,9H2,1-2H3,(H,23,24). The number of aromatic nitrogens is 2. The lowest BCUT2D eigenvalue weighted by Gasteiger charge is -2.13. The van der Waals surface area contributed by atoms with Crippen molar-refractivity contribution < 1.29 is 9.90 Å². The number of fused-ring (bicyclic) bond motifs is 1. The summed E-state index contributed by atoms with van der Waals surface area (Å²) in [5.41, 5.74) is 2.55. The molecule has 7 heteroatoms. The highest BCUT2D eigenvalue weighted by molar-refractivity contribution is 6.35. The van der Waals surface area contributed by atoms with Crippen molar-refractivity contribution in [2.24, 2.45) is 0 Å². The Morgan fingerprint density at radius 3 is 2.58 bits per heavy atom. The van der Waals surface area contributed by atoms with Crippen molar-refractivity contribution in [2.75, 3.05) is 19.0 Å². The van der Waals surface area contributed by atoms with E-state index in [-0.39, 0.29) is 5.69 Å². The molecular weight excluding hydrogens is 349 g/mol. The van der Waals surface area contributed by atoms with Gasteiger partial charge in [-0.15, -0.1) is 0 Å². The Balaban J connectivity index is 2.15. The van der Waals surface area contributed by atoms with Gasteiger partial charge >= 0.3 is 5.97 Å². The van der Waals surface area contributed by atoms with Crippen molar-refractivity contribution in [1.29, 1.82) is 0 Å². The van der Waals surface area contributed by atoms with Gasteiger partial charge in [-0.1, -0.05) is 29.3 Å². The van der Waals surface area contributed by atoms with Crippen LogP contribution in [0.15, 0.2) is 36.4 Å². The van der Waals surface area contributed by atoms with E-state index in [0.29, 0.717) is 22.0 Å². The normalized spacial score (nSPS) is 11.0. The van der Waals surface area contributed by atoms with Crippen molar-refractivity contribution in [3.05, 3.63) is 57.7 Å². The summed E-state index contributed by atoms with van der Waals surface area (Å²) in [5, 5.41) is 15.3. The first-order valence-corrected chi connectivity index (χ1v) is 7.97. The summed E-state index contributed by atoms with van der Waals surface area (Å²) < 4.78 is 1.65. The smallest absolute Gasteiger partial charge is 0.357 e. The Morgan fingerprint density at radius 2 is 1.96 bits per heavy atom. The van der Waals surface area contributed by atoms with E-state index in [1.54, 1.807) is 22.9 Å². The lowest BCUT2D eigenvalue weighted by molar-refractivity contribution is 0.0691. The fraction of sp³-hybridized carbons (Fsp3) is 0.176. The van der Waals surface area contributed by atoms with E-state index >= 15 is 0 Å². The molecule has 24 heavy (non-hydrogen) atoms. The summed E-state index contributed by atoms with van der Waals surface area (Å²) >= 11 is 12.2. The lowest BCUT2D eigenvalue weighted by atomic mass is 10.1. The van der Waals surface area contributed by atoms with Crippen LogP contribution >= 0.6 is 23.2 Å². The first-order chi connectivity index (χ1) is 11.4. The van der Waals surface area contributed by atoms with Gasteiger partial charge in [0.25, 0.3) is 0 Å². The second-order valence-corrected chi connectivity index (χ2v) is 6.49. The van der Waals surface area contributed by atoms with Gasteiger partial charge in [0, 0.05) is 35.2 Å². The molecule has 3 rings (SSSR count). The zero-order valence-electron chi connectivity index (χ0n) is 13.1. The van der Waals surface area contributed by atoms with Crippen LogP contribution in [0.25, 0.3) is 10.9 Å². The van der Waals surface area contributed by atoms with E-state index in [4.69, 9.17) is 23.2 Å². The zero-order valence-corrected chi connectivity index (χ0v) is 14.6. The molecular formula is C17H15Cl2N3O2. The largest absolute Gasteiger partial charge is 0.476 e. The number of carboxylic acid groups (broad SMARTS) is 1. The topological polar surface area (TPSA) is 58.4 Å². The van der Waals surface area contributed by atoms with Crippen LogP contribution in [0.4, 0.5) is 5.69 Å². The average molecular weight is 364 g/mol. The van der Waals surface area contributed by atoms with E-state index in [1.165, 1.54) is 0 Å². The summed E-state index contributed by atoms with van der Waals surface area (Å²) in [5.74, 6) is -1.06. The summed E-state index contributed by atoms with van der Waals surface area (Å²) in [6.45, 7) is 0.358. The summed E-state index contributed by atoms with van der Waals surface area (Å²) in [6, 6.07) is 10.8. The molecule has 0 aliphatic rings. The van der Waals surface area contributed by atoms with Crippen LogP contribution in [0, 0.1) is 0 Å². The minimum absolute atomic E-state index is 0.0281. The van der Waals surface area contributed by atoms with Gasteiger partial charge in [0.05, 0.1) is 12.1 Å². The van der Waals surface area contributed by atoms with Gasteiger partial charge < -0.3 is 10.0 Å². The second kappa shape index (κ2) is 6.34. The molecule has 0 fully saturated rings. The van der Waals surface area contributed by atoms with Crippen LogP contribution < -0.4 is 4.90 Å². The average Bonchev–Trinajstić information content (AvgIpc) is 2.88. The Bertz CT molecular complexity index is 935. The number of halogens is 2. The molecule has 5 nitrogen and oxygen atoms in total. The Morgan fingerprint density at radius 1 is 1.21 bits per heavy atom. The maximum absolute atomic E-state index is 11.5. The predicted molar refractivity (Wildman–Crippen MR) is 96.6 cm³/mol. The highest BCUT2D eigenvalue weighted by Gasteiger charge is 2.18. The first-order valence-electron chi connectivity index (χ1n) is 7.22. The molecule has 0 amide bonds. The number of anilines is 1. The minimum atomic E-state index is -1.06. The fourth-order valence-electron chi connectivity index (χ4n) is 2.53. The van der Waals surface area contributed by atoms with Gasteiger partial charge in [-0.05, 0) is 35.9 Å². The van der Waals surface area contributed by atoms with Crippen molar-refractivity contribution in [3.8, 4) is 0 Å². The van der Waals surface area contributed by atoms with Gasteiger partial charge in [0.2, 0.25) is 0 Å². The van der Waals surface area contributed by atoms with Crippen molar-refractivity contribution in [2.45, 2.75) is 6.54 Å². The highest BCUT2D eigenvalue weighted by atomic mass is 35.5. The molecule has 0 saturated heterocycles. The third kappa shape index (κ3) is 3.05. The molecule has 0 radical (unpaired) electrons. The van der Waals surface area contributed by atoms with Crippen LogP contribution in [0.2, 0.25) is 10.0 Å². The van der Waals surface area contributed by atoms with Crippen LogP contribution in [0.3, 0.4) is 0 Å². The highest BCUT2D eigenvalue weighted by Crippen LogP contribution is 2.27. The van der Waals surface area contributed by atoms with Crippen LogP contribution in [0.5, 0.6) is 0 Å². The quantitative estimate of drug-likeness (QED) is 0.756. The number of hydrogen-bond acceptors (Lipinski definition) is 3. The van der Waals surface area contributed by atoms with Crippen LogP contribution in [-0.2, 0) is 6.54 Å². The number of hydrogen-bond donors (Lipinski definition) is 1. The van der Waals surface area contributed by atoms with Gasteiger partial charge in [-0.2, -0.15) is 5.10 Å². The summed E-state index contributed by atoms with van der Waals surface area (Å²) in [4.78, 5) is 13.4. The van der Waals surface area contributed by atoms with E-state index in [9.17, 15) is 9.90 Å². The molecule has 0 aliphatic heterocycles. The Labute approximate surface area is 149 Å². The molecule has 1 aromatic heterocycles. The number of rotatable bonds is 4. The molecule has 0 bridgehead atoms. The molecule has 3 aromatic rings. The van der Waals surface area contributed by atoms with Crippen LogP contribution in [0.1, 0.15) is 16.1 Å². The van der Waals surface area contributed by atoms with Crippen molar-refractivity contribution in [3.63, 3.8) is 0 Å². The van der Waals surface area contributed by atoms with E-state index in [1.807, 2.05) is 37.2 Å². The van der Waals surface area contributed by atoms with Gasteiger partial charge in [0.15, 0.2) is 5.69 Å². The molecule has 0 spiro atoms. The van der Waals surface area contributed by atoms with Crippen molar-refractivity contribution in [1.82, 2.24) is 9.78 Å². The number of benzene rings is 2. The second-order valence-electron chi connectivity index (χ2n) is 5.64. The predicted octanol–water partition coefficient (Wildman–Crippen LogP) is 4.16. The molecule has 0 unspecified atom stereocenters. The van der Waals surface area contributed by atoms with Crippen molar-refractivity contribution >= 4 is 45.8 Å². The molecule has 1 heterocycles. The Hall–Kier alpha value is -2.24. The molecule has 0 saturated carbocycles. The number of nitrogens with zero attached hydrogens (tertiary/aromatic N) is 3. The number of carboxylic acids is 1. The van der Waals surface area contributed by atoms with Crippen LogP contribution in [-0.4, -0.2) is 35.0 Å². The van der Waals surface area contributed by atoms with Gasteiger partial charge in [-0.25, -0.2) is 4.79 Å². The van der Waals surface area contributed by atoms with Gasteiger partial charge in [0.1, 0.15) is 0 Å². The molecule has 124 valence electrons. The van der Waals surface area contributed by atoms with E-state index in [2.05, 4.69) is 5.10 Å². The SMILES string of the molecule is CN(C)c1ccc2c(C(=O)O)nn(Cc3ccc(Cl)cc3Cl)c2c1. The molecule has 1 N–H and O–H groups in total. The lowest BCUT2D eigenvalue weighted by Crippen LogP contribution is -2.09. The molecule has 0 aliphatic carbocycles. The third-order valence-electron chi connectivity index (χ3n) is 3.79. The Kier molecular flexibility index (Phi) is 4.39. The van der Waals surface area contributed by atoms with E-state index in [0.717, 1.165) is 16.8 Å². The maximum atomic E-state index is 11.5. The first kappa shape index (κ1) is 16.6. The summed E-state index contributed by atoms with van der Waals surface area (Å²) in [7, 11) is 3.85. The van der Waals surface area contributed by atoms with Gasteiger partial charge in [-0.3, -0.25) is 4.68 Å². The minimum Gasteiger partial charge on any atom is -0.476 e. The maximum Gasteiger partial charge on any atom is 0.357 e. The number of carbonyl (C=O) groups is 1. The fourth-order valence-corrected chi connectivity index (χ4v) is 3.00. The monoisotopic (exact) mass is 363 g/mol.